The Kier molecular flexibility index (Phi) is 6.72. The molecule has 0 aliphatic heterocycles. The number of nitrogens with one attached hydrogen (secondary N) is 3. The Balaban J connectivity index is 1.85. The second-order valence-corrected chi connectivity index (χ2v) is 8.91. The molecule has 0 bridgehead atoms. The highest BCUT2D eigenvalue weighted by molar-refractivity contribution is 7.90. The summed E-state index contributed by atoms with van der Waals surface area (Å²) in [4.78, 5) is 7.43. The summed E-state index contributed by atoms with van der Waals surface area (Å²) >= 11 is 6.07. The first-order valence-electron chi connectivity index (χ1n) is 8.19. The first-order chi connectivity index (χ1) is 11.8. The third-order valence-electron chi connectivity index (χ3n) is 3.94. The van der Waals surface area contributed by atoms with Gasteiger partial charge in [-0.15, -0.1) is 0 Å². The zero-order valence-electron chi connectivity index (χ0n) is 14.8. The number of hydrogen-bond acceptors (Lipinski definition) is 3. The third kappa shape index (κ3) is 6.25. The van der Waals surface area contributed by atoms with Crippen LogP contribution in [0.1, 0.15) is 18.9 Å². The van der Waals surface area contributed by atoms with Crippen LogP contribution in [0.25, 0.3) is 10.9 Å². The second kappa shape index (κ2) is 8.58. The predicted octanol–water partition coefficient (Wildman–Crippen LogP) is 2.35. The summed E-state index contributed by atoms with van der Waals surface area (Å²) in [6.45, 7) is 2.65. The SMILES string of the molecule is CN=C(NCCc1c[nH]c2ccc(Cl)cc12)NC(C)CCS(C)(=O)=O. The van der Waals surface area contributed by atoms with E-state index in [2.05, 4.69) is 20.6 Å². The van der Waals surface area contributed by atoms with Gasteiger partial charge in [-0.1, -0.05) is 11.6 Å². The molecule has 0 aliphatic rings. The van der Waals surface area contributed by atoms with E-state index >= 15 is 0 Å². The van der Waals surface area contributed by atoms with Crippen molar-refractivity contribution < 1.29 is 8.42 Å². The fourth-order valence-electron chi connectivity index (χ4n) is 2.56. The average molecular weight is 385 g/mol. The number of aromatic amines is 1. The normalized spacial score (nSPS) is 13.8. The van der Waals surface area contributed by atoms with Crippen LogP contribution in [0, 0.1) is 0 Å². The minimum atomic E-state index is -2.95. The van der Waals surface area contributed by atoms with Crippen LogP contribution < -0.4 is 10.6 Å². The quantitative estimate of drug-likeness (QED) is 0.505. The van der Waals surface area contributed by atoms with E-state index in [1.54, 1.807) is 7.05 Å². The molecular weight excluding hydrogens is 360 g/mol. The topological polar surface area (TPSA) is 86.3 Å². The van der Waals surface area contributed by atoms with Gasteiger partial charge in [0.05, 0.1) is 5.75 Å². The maximum atomic E-state index is 11.2. The van der Waals surface area contributed by atoms with Gasteiger partial charge < -0.3 is 15.6 Å². The summed E-state index contributed by atoms with van der Waals surface area (Å²) in [6, 6.07) is 5.82. The number of sulfone groups is 1. The number of halogens is 1. The summed E-state index contributed by atoms with van der Waals surface area (Å²) in [5.74, 6) is 0.827. The molecular formula is C17H25ClN4O2S. The van der Waals surface area contributed by atoms with Gasteiger partial charge in [0.1, 0.15) is 9.84 Å². The van der Waals surface area contributed by atoms with Crippen LogP contribution in [-0.2, 0) is 16.3 Å². The molecule has 8 heteroatoms. The van der Waals surface area contributed by atoms with E-state index in [1.807, 2.05) is 31.3 Å². The molecule has 1 unspecified atom stereocenters. The molecule has 1 aromatic carbocycles. The third-order valence-corrected chi connectivity index (χ3v) is 5.16. The number of fused-ring (bicyclic) bond motifs is 1. The summed E-state index contributed by atoms with van der Waals surface area (Å²) in [5.41, 5.74) is 2.25. The first kappa shape index (κ1) is 19.6. The smallest absolute Gasteiger partial charge is 0.191 e. The molecule has 25 heavy (non-hydrogen) atoms. The van der Waals surface area contributed by atoms with Gasteiger partial charge in [0.2, 0.25) is 0 Å². The fraction of sp³-hybridized carbons (Fsp3) is 0.471. The molecule has 3 N–H and O–H groups in total. The van der Waals surface area contributed by atoms with Gasteiger partial charge in [-0.05, 0) is 43.5 Å². The van der Waals surface area contributed by atoms with E-state index in [1.165, 1.54) is 11.8 Å². The van der Waals surface area contributed by atoms with Crippen molar-refractivity contribution in [2.75, 3.05) is 25.6 Å². The van der Waals surface area contributed by atoms with Gasteiger partial charge in [0.15, 0.2) is 5.96 Å². The Labute approximate surface area is 154 Å². The van der Waals surface area contributed by atoms with Crippen molar-refractivity contribution in [1.29, 1.82) is 0 Å². The van der Waals surface area contributed by atoms with Crippen LogP contribution in [0.4, 0.5) is 0 Å². The molecule has 0 amide bonds. The van der Waals surface area contributed by atoms with Gasteiger partial charge >= 0.3 is 0 Å². The maximum absolute atomic E-state index is 11.2. The maximum Gasteiger partial charge on any atom is 0.191 e. The van der Waals surface area contributed by atoms with Crippen LogP contribution in [0.3, 0.4) is 0 Å². The zero-order chi connectivity index (χ0) is 18.4. The van der Waals surface area contributed by atoms with E-state index in [9.17, 15) is 8.42 Å². The molecule has 2 aromatic rings. The van der Waals surface area contributed by atoms with E-state index in [4.69, 9.17) is 11.6 Å². The minimum absolute atomic E-state index is 0.0211. The lowest BCUT2D eigenvalue weighted by Gasteiger charge is -2.17. The molecule has 0 radical (unpaired) electrons. The van der Waals surface area contributed by atoms with Crippen LogP contribution in [0.15, 0.2) is 29.4 Å². The lowest BCUT2D eigenvalue weighted by Crippen LogP contribution is -2.43. The summed E-state index contributed by atoms with van der Waals surface area (Å²) < 4.78 is 22.5. The number of guanidine groups is 1. The monoisotopic (exact) mass is 384 g/mol. The first-order valence-corrected chi connectivity index (χ1v) is 10.6. The molecule has 2 rings (SSSR count). The molecule has 0 saturated heterocycles. The Bertz CT molecular complexity index is 845. The van der Waals surface area contributed by atoms with Crippen molar-refractivity contribution in [2.45, 2.75) is 25.8 Å². The molecule has 0 spiro atoms. The number of rotatable bonds is 7. The fourth-order valence-corrected chi connectivity index (χ4v) is 3.52. The molecule has 1 heterocycles. The van der Waals surface area contributed by atoms with Crippen molar-refractivity contribution in [3.05, 3.63) is 35.0 Å². The Morgan fingerprint density at radius 2 is 2.16 bits per heavy atom. The van der Waals surface area contributed by atoms with Crippen molar-refractivity contribution >= 4 is 38.3 Å². The van der Waals surface area contributed by atoms with Crippen molar-refractivity contribution in [2.24, 2.45) is 4.99 Å². The van der Waals surface area contributed by atoms with Gasteiger partial charge in [0, 0.05) is 48.0 Å². The predicted molar refractivity (Wildman–Crippen MR) is 105 cm³/mol. The van der Waals surface area contributed by atoms with E-state index < -0.39 is 9.84 Å². The van der Waals surface area contributed by atoms with Crippen molar-refractivity contribution in [1.82, 2.24) is 15.6 Å². The Hall–Kier alpha value is -1.73. The zero-order valence-corrected chi connectivity index (χ0v) is 16.3. The number of H-pyrrole nitrogens is 1. The van der Waals surface area contributed by atoms with Crippen LogP contribution >= 0.6 is 11.6 Å². The highest BCUT2D eigenvalue weighted by Crippen LogP contribution is 2.22. The Morgan fingerprint density at radius 1 is 1.40 bits per heavy atom. The average Bonchev–Trinajstić information content (AvgIpc) is 2.93. The molecule has 0 fully saturated rings. The standard InChI is InChI=1S/C17H25ClN4O2S/c1-12(7-9-25(3,23)24)22-17(19-2)20-8-6-13-11-21-16-5-4-14(18)10-15(13)16/h4-5,10-12,21H,6-9H2,1-3H3,(H2,19,20,22). The van der Waals surface area contributed by atoms with Crippen LogP contribution in [-0.4, -0.2) is 51.0 Å². The highest BCUT2D eigenvalue weighted by Gasteiger charge is 2.10. The summed E-state index contributed by atoms with van der Waals surface area (Å²) in [5, 5.41) is 8.31. The van der Waals surface area contributed by atoms with Gasteiger partial charge in [-0.25, -0.2) is 8.42 Å². The molecule has 0 aliphatic carbocycles. The number of aromatic nitrogens is 1. The molecule has 1 atom stereocenters. The van der Waals surface area contributed by atoms with Crippen LogP contribution in [0.2, 0.25) is 5.02 Å². The number of nitrogens with zero attached hydrogens (tertiary/aromatic N) is 1. The summed E-state index contributed by atoms with van der Waals surface area (Å²) in [6.07, 6.45) is 4.60. The number of hydrogen-bond donors (Lipinski definition) is 3. The number of benzene rings is 1. The van der Waals surface area contributed by atoms with Crippen molar-refractivity contribution in [3.8, 4) is 0 Å². The molecule has 6 nitrogen and oxygen atoms in total. The van der Waals surface area contributed by atoms with Gasteiger partial charge in [0.25, 0.3) is 0 Å². The lowest BCUT2D eigenvalue weighted by atomic mass is 10.1. The summed E-state index contributed by atoms with van der Waals surface area (Å²) in [7, 11) is -1.25. The van der Waals surface area contributed by atoms with Gasteiger partial charge in [-0.2, -0.15) is 0 Å². The molecule has 138 valence electrons. The number of aliphatic imine (C=N–C) groups is 1. The Morgan fingerprint density at radius 3 is 2.84 bits per heavy atom. The highest BCUT2D eigenvalue weighted by atomic mass is 35.5. The van der Waals surface area contributed by atoms with E-state index in [-0.39, 0.29) is 11.8 Å². The van der Waals surface area contributed by atoms with E-state index in [0.29, 0.717) is 18.9 Å². The lowest BCUT2D eigenvalue weighted by molar-refractivity contribution is 0.581. The largest absolute Gasteiger partial charge is 0.361 e. The van der Waals surface area contributed by atoms with Gasteiger partial charge in [-0.3, -0.25) is 4.99 Å². The van der Waals surface area contributed by atoms with Crippen LogP contribution in [0.5, 0.6) is 0 Å². The second-order valence-electron chi connectivity index (χ2n) is 6.22. The molecule has 1 aromatic heterocycles. The molecule has 0 saturated carbocycles. The van der Waals surface area contributed by atoms with Crippen molar-refractivity contribution in [3.63, 3.8) is 0 Å². The minimum Gasteiger partial charge on any atom is -0.361 e. The van der Waals surface area contributed by atoms with E-state index in [0.717, 1.165) is 22.3 Å².